The summed E-state index contributed by atoms with van der Waals surface area (Å²) in [4.78, 5) is 0. The molecular weight excluding hydrogens is 390 g/mol. The Kier molecular flexibility index (Phi) is 13.6. The Morgan fingerprint density at radius 3 is 1.40 bits per heavy atom. The molecule has 62 valence electrons. The van der Waals surface area contributed by atoms with E-state index in [9.17, 15) is 0 Å². The maximum atomic E-state index is 2.43. The van der Waals surface area contributed by atoms with Crippen LogP contribution in [0.2, 0.25) is 0 Å². The van der Waals surface area contributed by atoms with Gasteiger partial charge in [-0.1, -0.05) is 45.2 Å². The normalized spacial score (nSPS) is 10.2. The average Bonchev–Trinajstić information content (AvgIpc) is 1.97. The molecule has 0 rings (SSSR count). The first-order chi connectivity index (χ1) is 4.91. The van der Waals surface area contributed by atoms with Gasteiger partial charge in [-0.3, -0.25) is 0 Å². The summed E-state index contributed by atoms with van der Waals surface area (Å²) >= 11 is 9.00. The van der Waals surface area contributed by atoms with Gasteiger partial charge in [0.25, 0.3) is 0 Å². The third-order valence-corrected chi connectivity index (χ3v) is 5.59. The van der Waals surface area contributed by atoms with Crippen molar-refractivity contribution in [3.8, 4) is 0 Å². The highest BCUT2D eigenvalue weighted by molar-refractivity contribution is 14.1. The molecule has 0 N–H and O–H groups in total. The Morgan fingerprint density at radius 2 is 1.10 bits per heavy atom. The van der Waals surface area contributed by atoms with Crippen LogP contribution in [-0.2, 0) is 0 Å². The lowest BCUT2D eigenvalue weighted by atomic mass is 10.9. The minimum absolute atomic E-state index is 1.29. The number of hydrogen-bond acceptors (Lipinski definition) is 2. The summed E-state index contributed by atoms with van der Waals surface area (Å²) < 4.78 is 2.58. The second kappa shape index (κ2) is 11.2. The summed E-state index contributed by atoms with van der Waals surface area (Å²) in [5, 5.41) is 0. The van der Waals surface area contributed by atoms with E-state index < -0.39 is 0 Å². The van der Waals surface area contributed by atoms with Gasteiger partial charge in [0.15, 0.2) is 0 Å². The van der Waals surface area contributed by atoms with Crippen molar-refractivity contribution < 1.29 is 0 Å². The van der Waals surface area contributed by atoms with Gasteiger partial charge >= 0.3 is 0 Å². The van der Waals surface area contributed by atoms with Crippen LogP contribution in [-0.4, -0.2) is 31.9 Å². The largest absolute Gasteiger partial charge is 0.160 e. The minimum Gasteiger partial charge on any atom is -0.160 e. The van der Waals surface area contributed by atoms with Crippen molar-refractivity contribution in [1.29, 1.82) is 0 Å². The Labute approximate surface area is 99.3 Å². The molecular formula is C6H12I2S2. The highest BCUT2D eigenvalue weighted by atomic mass is 127. The van der Waals surface area contributed by atoms with Crippen molar-refractivity contribution in [3.05, 3.63) is 0 Å². The predicted octanol–water partition coefficient (Wildman–Crippen LogP) is 3.32. The summed E-state index contributed by atoms with van der Waals surface area (Å²) in [7, 11) is 0. The summed E-state index contributed by atoms with van der Waals surface area (Å²) in [5.74, 6) is 5.32. The standard InChI is InChI=1S/C6H12I2S2/c7-1-3-9-5-6-10-4-2-8/h1-6H2. The van der Waals surface area contributed by atoms with Crippen LogP contribution in [0, 0.1) is 0 Å². The van der Waals surface area contributed by atoms with E-state index in [0.717, 1.165) is 0 Å². The van der Waals surface area contributed by atoms with Crippen LogP contribution in [0.5, 0.6) is 0 Å². The molecule has 0 spiro atoms. The molecule has 0 atom stereocenters. The fourth-order valence-corrected chi connectivity index (χ4v) is 3.87. The zero-order valence-electron chi connectivity index (χ0n) is 5.82. The first-order valence-corrected chi connectivity index (χ1v) is 8.55. The molecule has 0 aromatic heterocycles. The molecule has 0 fully saturated rings. The third kappa shape index (κ3) is 10.2. The van der Waals surface area contributed by atoms with E-state index in [1.54, 1.807) is 0 Å². The van der Waals surface area contributed by atoms with E-state index in [4.69, 9.17) is 0 Å². The molecule has 0 radical (unpaired) electrons. The number of thioether (sulfide) groups is 2. The average molecular weight is 402 g/mol. The number of rotatable bonds is 7. The van der Waals surface area contributed by atoms with Gasteiger partial charge in [0, 0.05) is 31.9 Å². The predicted molar refractivity (Wildman–Crippen MR) is 72.4 cm³/mol. The van der Waals surface area contributed by atoms with Crippen LogP contribution in [0.4, 0.5) is 0 Å². The quantitative estimate of drug-likeness (QED) is 0.364. The monoisotopic (exact) mass is 402 g/mol. The second-order valence-electron chi connectivity index (χ2n) is 1.60. The highest BCUT2D eigenvalue weighted by Gasteiger charge is 1.88. The van der Waals surface area contributed by atoms with Crippen molar-refractivity contribution in [3.63, 3.8) is 0 Å². The van der Waals surface area contributed by atoms with Crippen LogP contribution >= 0.6 is 68.7 Å². The maximum absolute atomic E-state index is 2.43. The Morgan fingerprint density at radius 1 is 0.700 bits per heavy atom. The van der Waals surface area contributed by atoms with E-state index in [-0.39, 0.29) is 0 Å². The number of alkyl halides is 2. The van der Waals surface area contributed by atoms with Crippen LogP contribution in [0.3, 0.4) is 0 Å². The highest BCUT2D eigenvalue weighted by Crippen LogP contribution is 2.08. The molecule has 0 aliphatic heterocycles. The van der Waals surface area contributed by atoms with Crippen molar-refractivity contribution in [2.75, 3.05) is 31.9 Å². The molecule has 10 heavy (non-hydrogen) atoms. The SMILES string of the molecule is ICCSCCSCCI. The van der Waals surface area contributed by atoms with Gasteiger partial charge < -0.3 is 0 Å². The molecule has 4 heteroatoms. The molecule has 0 aliphatic carbocycles. The summed E-state index contributed by atoms with van der Waals surface area (Å²) in [6.07, 6.45) is 0. The van der Waals surface area contributed by atoms with Crippen LogP contribution in [0.1, 0.15) is 0 Å². The molecule has 0 bridgehead atoms. The third-order valence-electron chi connectivity index (χ3n) is 0.815. The fourth-order valence-electron chi connectivity index (χ4n) is 0.431. The zero-order valence-corrected chi connectivity index (χ0v) is 11.8. The molecule has 0 amide bonds. The van der Waals surface area contributed by atoms with Crippen molar-refractivity contribution in [2.24, 2.45) is 0 Å². The van der Waals surface area contributed by atoms with E-state index in [1.807, 2.05) is 0 Å². The van der Waals surface area contributed by atoms with Crippen LogP contribution in [0.25, 0.3) is 0 Å². The van der Waals surface area contributed by atoms with Gasteiger partial charge in [-0.15, -0.1) is 0 Å². The second-order valence-corrected chi connectivity index (χ2v) is 6.21. The molecule has 0 saturated heterocycles. The topological polar surface area (TPSA) is 0 Å². The van der Waals surface area contributed by atoms with E-state index in [2.05, 4.69) is 68.7 Å². The number of hydrogen-bond donors (Lipinski definition) is 0. The molecule has 0 aromatic carbocycles. The van der Waals surface area contributed by atoms with E-state index in [0.29, 0.717) is 0 Å². The molecule has 0 nitrogen and oxygen atoms in total. The lowest BCUT2D eigenvalue weighted by Gasteiger charge is -1.97. The summed E-state index contributed by atoms with van der Waals surface area (Å²) in [6.45, 7) is 0. The first kappa shape index (κ1) is 12.2. The minimum atomic E-state index is 1.29. The Hall–Kier alpha value is 2.16. The molecule has 0 aliphatic rings. The van der Waals surface area contributed by atoms with Crippen molar-refractivity contribution in [2.45, 2.75) is 0 Å². The smallest absolute Gasteiger partial charge is 0.00863 e. The van der Waals surface area contributed by atoms with Crippen molar-refractivity contribution >= 4 is 68.7 Å². The molecule has 0 aromatic rings. The Bertz CT molecular complexity index is 53.7. The fraction of sp³-hybridized carbons (Fsp3) is 1.00. The van der Waals surface area contributed by atoms with E-state index in [1.165, 1.54) is 31.9 Å². The summed E-state index contributed by atoms with van der Waals surface area (Å²) in [6, 6.07) is 0. The zero-order chi connectivity index (χ0) is 7.66. The molecule has 0 unspecified atom stereocenters. The van der Waals surface area contributed by atoms with Crippen molar-refractivity contribution in [1.82, 2.24) is 0 Å². The van der Waals surface area contributed by atoms with Gasteiger partial charge in [0.1, 0.15) is 0 Å². The molecule has 0 heterocycles. The number of halogens is 2. The molecule has 0 saturated carbocycles. The lowest BCUT2D eigenvalue weighted by Crippen LogP contribution is -1.89. The van der Waals surface area contributed by atoms with Gasteiger partial charge in [0.2, 0.25) is 0 Å². The van der Waals surface area contributed by atoms with Gasteiger partial charge in [-0.25, -0.2) is 0 Å². The summed E-state index contributed by atoms with van der Waals surface area (Å²) in [5.41, 5.74) is 0. The van der Waals surface area contributed by atoms with Crippen LogP contribution < -0.4 is 0 Å². The first-order valence-electron chi connectivity index (χ1n) is 3.19. The van der Waals surface area contributed by atoms with Crippen LogP contribution in [0.15, 0.2) is 0 Å². The van der Waals surface area contributed by atoms with E-state index >= 15 is 0 Å². The maximum Gasteiger partial charge on any atom is 0.00863 e. The van der Waals surface area contributed by atoms with Gasteiger partial charge in [-0.2, -0.15) is 23.5 Å². The lowest BCUT2D eigenvalue weighted by molar-refractivity contribution is 1.49. The van der Waals surface area contributed by atoms with Gasteiger partial charge in [-0.05, 0) is 0 Å². The van der Waals surface area contributed by atoms with Gasteiger partial charge in [0.05, 0.1) is 0 Å². The Balaban J connectivity index is 2.65.